The Labute approximate surface area is 351 Å². The molecule has 0 aromatic heterocycles. The summed E-state index contributed by atoms with van der Waals surface area (Å²) in [6.45, 7) is 6.43. The van der Waals surface area contributed by atoms with Crippen LogP contribution in [0, 0.1) is 0 Å². The number of rotatable bonds is 42. The molecule has 0 saturated heterocycles. The first-order valence-corrected chi connectivity index (χ1v) is 23.8. The standard InChI is InChI=1S/C51H88O6/c1-4-7-10-13-16-19-21-23-25-26-28-29-32-35-38-41-44-50(53)56-47-48(46-55-49(52)43-40-37-34-31-18-15-12-9-6-3)57-51(54)45-42-39-36-33-30-27-24-22-20-17-14-11-8-5-2/h7,10,16,19,23,25,27,30-31,34,48H,4-6,8-9,11-15,17-18,20-22,24,26,28-29,32-33,35-47H2,1-3H3/b10-7-,19-16-,25-23-,30-27-,34-31-. The molecule has 0 radical (unpaired) electrons. The van der Waals surface area contributed by atoms with Crippen LogP contribution in [0.5, 0.6) is 0 Å². The van der Waals surface area contributed by atoms with Gasteiger partial charge < -0.3 is 14.2 Å². The summed E-state index contributed by atoms with van der Waals surface area (Å²) in [5, 5.41) is 0. The summed E-state index contributed by atoms with van der Waals surface area (Å²) in [6.07, 6.45) is 55.0. The predicted molar refractivity (Wildman–Crippen MR) is 242 cm³/mol. The summed E-state index contributed by atoms with van der Waals surface area (Å²) in [6, 6.07) is 0. The molecule has 0 aliphatic heterocycles. The van der Waals surface area contributed by atoms with Crippen LogP contribution in [-0.2, 0) is 28.6 Å². The predicted octanol–water partition coefficient (Wildman–Crippen LogP) is 15.3. The van der Waals surface area contributed by atoms with Gasteiger partial charge in [-0.1, -0.05) is 171 Å². The molecule has 6 nitrogen and oxygen atoms in total. The fraction of sp³-hybridized carbons (Fsp3) is 0.745. The van der Waals surface area contributed by atoms with Crippen molar-refractivity contribution in [3.8, 4) is 0 Å². The zero-order chi connectivity index (χ0) is 41.5. The maximum Gasteiger partial charge on any atom is 0.306 e. The number of unbranched alkanes of at least 4 members (excludes halogenated alkanes) is 21. The summed E-state index contributed by atoms with van der Waals surface area (Å²) in [5.41, 5.74) is 0. The molecule has 57 heavy (non-hydrogen) atoms. The van der Waals surface area contributed by atoms with Crippen LogP contribution in [0.25, 0.3) is 0 Å². The van der Waals surface area contributed by atoms with Crippen molar-refractivity contribution in [3.05, 3.63) is 60.8 Å². The molecule has 0 aliphatic carbocycles. The van der Waals surface area contributed by atoms with Crippen molar-refractivity contribution < 1.29 is 28.6 Å². The van der Waals surface area contributed by atoms with Crippen molar-refractivity contribution in [3.63, 3.8) is 0 Å². The van der Waals surface area contributed by atoms with Gasteiger partial charge in [-0.25, -0.2) is 0 Å². The summed E-state index contributed by atoms with van der Waals surface area (Å²) in [7, 11) is 0. The Morgan fingerprint density at radius 1 is 0.368 bits per heavy atom. The largest absolute Gasteiger partial charge is 0.462 e. The second-order valence-corrected chi connectivity index (χ2v) is 15.6. The highest BCUT2D eigenvalue weighted by Crippen LogP contribution is 2.13. The number of hydrogen-bond donors (Lipinski definition) is 0. The van der Waals surface area contributed by atoms with Gasteiger partial charge in [0.1, 0.15) is 13.2 Å². The zero-order valence-corrected chi connectivity index (χ0v) is 37.3. The highest BCUT2D eigenvalue weighted by molar-refractivity contribution is 5.71. The van der Waals surface area contributed by atoms with Gasteiger partial charge in [-0.2, -0.15) is 0 Å². The van der Waals surface area contributed by atoms with Crippen molar-refractivity contribution >= 4 is 17.9 Å². The van der Waals surface area contributed by atoms with Crippen LogP contribution in [0.15, 0.2) is 60.8 Å². The Hall–Kier alpha value is -2.89. The van der Waals surface area contributed by atoms with Gasteiger partial charge in [0.25, 0.3) is 0 Å². The average molecular weight is 797 g/mol. The number of esters is 3. The van der Waals surface area contributed by atoms with Crippen LogP contribution in [0.2, 0.25) is 0 Å². The third-order valence-corrected chi connectivity index (χ3v) is 9.98. The van der Waals surface area contributed by atoms with E-state index in [1.165, 1.54) is 89.9 Å². The van der Waals surface area contributed by atoms with Crippen LogP contribution >= 0.6 is 0 Å². The van der Waals surface area contributed by atoms with E-state index in [4.69, 9.17) is 14.2 Å². The third-order valence-electron chi connectivity index (χ3n) is 9.98. The lowest BCUT2D eigenvalue weighted by Crippen LogP contribution is -2.30. The summed E-state index contributed by atoms with van der Waals surface area (Å²) < 4.78 is 16.7. The minimum Gasteiger partial charge on any atom is -0.462 e. The highest BCUT2D eigenvalue weighted by Gasteiger charge is 2.19. The van der Waals surface area contributed by atoms with Gasteiger partial charge in [0.15, 0.2) is 6.10 Å². The van der Waals surface area contributed by atoms with Gasteiger partial charge in [0, 0.05) is 19.3 Å². The van der Waals surface area contributed by atoms with Gasteiger partial charge >= 0.3 is 17.9 Å². The summed E-state index contributed by atoms with van der Waals surface area (Å²) in [5.74, 6) is -0.962. The van der Waals surface area contributed by atoms with E-state index in [1.807, 2.05) is 0 Å². The van der Waals surface area contributed by atoms with Crippen LogP contribution in [-0.4, -0.2) is 37.2 Å². The van der Waals surface area contributed by atoms with Crippen LogP contribution in [0.1, 0.15) is 226 Å². The number of ether oxygens (including phenoxy) is 3. The Balaban J connectivity index is 4.41. The zero-order valence-electron chi connectivity index (χ0n) is 37.3. The van der Waals surface area contributed by atoms with E-state index < -0.39 is 6.10 Å². The second-order valence-electron chi connectivity index (χ2n) is 15.6. The first-order valence-electron chi connectivity index (χ1n) is 23.8. The lowest BCUT2D eigenvalue weighted by atomic mass is 10.1. The van der Waals surface area contributed by atoms with E-state index in [1.54, 1.807) is 0 Å². The first kappa shape index (κ1) is 54.1. The number of hydrogen-bond acceptors (Lipinski definition) is 6. The van der Waals surface area contributed by atoms with Gasteiger partial charge in [-0.3, -0.25) is 14.4 Å². The van der Waals surface area contributed by atoms with E-state index in [2.05, 4.69) is 81.5 Å². The Morgan fingerprint density at radius 3 is 1.19 bits per heavy atom. The molecular weight excluding hydrogens is 709 g/mol. The molecule has 0 aromatic carbocycles. The van der Waals surface area contributed by atoms with Crippen LogP contribution < -0.4 is 0 Å². The molecule has 0 aliphatic rings. The van der Waals surface area contributed by atoms with Crippen molar-refractivity contribution in [2.75, 3.05) is 13.2 Å². The highest BCUT2D eigenvalue weighted by atomic mass is 16.6. The van der Waals surface area contributed by atoms with Gasteiger partial charge in [0.2, 0.25) is 0 Å². The molecule has 328 valence electrons. The molecule has 0 saturated carbocycles. The maximum absolute atomic E-state index is 12.7. The number of carbonyl (C=O) groups is 3. The topological polar surface area (TPSA) is 78.9 Å². The molecule has 0 aromatic rings. The van der Waals surface area contributed by atoms with Crippen molar-refractivity contribution in [1.29, 1.82) is 0 Å². The minimum atomic E-state index is -0.795. The lowest BCUT2D eigenvalue weighted by molar-refractivity contribution is -0.167. The number of carbonyl (C=O) groups excluding carboxylic acids is 3. The fourth-order valence-corrected chi connectivity index (χ4v) is 6.39. The molecule has 6 heteroatoms. The fourth-order valence-electron chi connectivity index (χ4n) is 6.39. The molecule has 0 rings (SSSR count). The van der Waals surface area contributed by atoms with E-state index >= 15 is 0 Å². The number of allylic oxidation sites excluding steroid dienone is 10. The SMILES string of the molecule is CC/C=C\C/C=C\C/C=C\CCCCCCCCC(=O)OCC(COC(=O)CCC/C=C\CCCCCC)OC(=O)CCCCC/C=C\CCCCCCCCC. The Morgan fingerprint density at radius 2 is 0.702 bits per heavy atom. The van der Waals surface area contributed by atoms with Crippen molar-refractivity contribution in [2.24, 2.45) is 0 Å². The third kappa shape index (κ3) is 44.1. The molecule has 0 bridgehead atoms. The van der Waals surface area contributed by atoms with Crippen molar-refractivity contribution in [1.82, 2.24) is 0 Å². The Kier molecular flexibility index (Phi) is 43.5. The second kappa shape index (κ2) is 45.8. The van der Waals surface area contributed by atoms with Gasteiger partial charge in [0.05, 0.1) is 0 Å². The normalized spacial score (nSPS) is 12.5. The van der Waals surface area contributed by atoms with Gasteiger partial charge in [-0.05, 0) is 96.3 Å². The summed E-state index contributed by atoms with van der Waals surface area (Å²) >= 11 is 0. The molecule has 0 spiro atoms. The lowest BCUT2D eigenvalue weighted by Gasteiger charge is -2.18. The maximum atomic E-state index is 12.7. The molecule has 0 fully saturated rings. The van der Waals surface area contributed by atoms with E-state index in [0.29, 0.717) is 25.7 Å². The molecule has 0 heterocycles. The van der Waals surface area contributed by atoms with E-state index in [-0.39, 0.29) is 31.1 Å². The average Bonchev–Trinajstić information content (AvgIpc) is 3.21. The van der Waals surface area contributed by atoms with E-state index in [0.717, 1.165) is 89.9 Å². The Bertz CT molecular complexity index is 1050. The van der Waals surface area contributed by atoms with Gasteiger partial charge in [-0.15, -0.1) is 0 Å². The molecule has 0 N–H and O–H groups in total. The minimum absolute atomic E-state index is 0.0959. The van der Waals surface area contributed by atoms with Crippen molar-refractivity contribution in [2.45, 2.75) is 232 Å². The monoisotopic (exact) mass is 797 g/mol. The molecule has 1 unspecified atom stereocenters. The van der Waals surface area contributed by atoms with Crippen LogP contribution in [0.4, 0.5) is 0 Å². The first-order chi connectivity index (χ1) is 28.0. The molecular formula is C51H88O6. The molecule has 1 atom stereocenters. The summed E-state index contributed by atoms with van der Waals surface area (Å²) in [4.78, 5) is 37.7. The smallest absolute Gasteiger partial charge is 0.306 e. The quantitative estimate of drug-likeness (QED) is 0.0265. The van der Waals surface area contributed by atoms with Crippen LogP contribution in [0.3, 0.4) is 0 Å². The molecule has 0 amide bonds. The van der Waals surface area contributed by atoms with E-state index in [9.17, 15) is 14.4 Å².